The van der Waals surface area contributed by atoms with Gasteiger partial charge in [0.05, 0.1) is 16.2 Å². The predicted octanol–water partition coefficient (Wildman–Crippen LogP) is 4.11. The van der Waals surface area contributed by atoms with Gasteiger partial charge in [-0.3, -0.25) is 9.59 Å². The maximum absolute atomic E-state index is 13.6. The Kier molecular flexibility index (Phi) is 11.7. The molecule has 3 N–H and O–H groups in total. The molecule has 0 radical (unpaired) electrons. The Morgan fingerprint density at radius 2 is 1.94 bits per heavy atom. The van der Waals surface area contributed by atoms with E-state index in [9.17, 15) is 19.8 Å². The number of carbonyl (C=O) groups is 2. The Balaban J connectivity index is 1.91. The van der Waals surface area contributed by atoms with Gasteiger partial charge >= 0.3 is 0 Å². The molecule has 2 amide bonds. The molecule has 7 nitrogen and oxygen atoms in total. The molecule has 8 heteroatoms. The van der Waals surface area contributed by atoms with Crippen molar-refractivity contribution in [3.63, 3.8) is 0 Å². The number of ether oxygens (including phenoxy) is 1. The average molecular weight is 611 g/mol. The first-order valence-corrected chi connectivity index (χ1v) is 14.1. The molecular weight excluding hydrogens is 571 g/mol. The van der Waals surface area contributed by atoms with Crippen molar-refractivity contribution in [1.29, 1.82) is 0 Å². The minimum absolute atomic E-state index is 0.0278. The van der Waals surface area contributed by atoms with Crippen LogP contribution in [0.15, 0.2) is 48.6 Å². The van der Waals surface area contributed by atoms with E-state index < -0.39 is 18.2 Å². The predicted molar refractivity (Wildman–Crippen MR) is 149 cm³/mol. The molecule has 1 aromatic carbocycles. The van der Waals surface area contributed by atoms with Crippen LogP contribution in [0.5, 0.6) is 5.75 Å². The standard InChI is InChI=1S/C28H39IN2O5/c1-2-3-4-8-15-26(33)31(21-11-6-5-7-12-21)23-18-20(28(35)30-16-17-32)19-25(27(23)34)36-24-14-10-9-13-22(24)29/h2,9-10,13-14,19,21,23,25,27,32,34H,1,3-8,11-12,15-18H2,(H,30,35). The first-order valence-electron chi connectivity index (χ1n) is 13.1. The summed E-state index contributed by atoms with van der Waals surface area (Å²) in [5.41, 5.74) is 0.468. The molecule has 3 rings (SSSR count). The number of aliphatic hydroxyl groups excluding tert-OH is 2. The number of amides is 2. The van der Waals surface area contributed by atoms with Gasteiger partial charge in [-0.05, 0) is 72.9 Å². The number of carbonyl (C=O) groups excluding carboxylic acids is 2. The van der Waals surface area contributed by atoms with Gasteiger partial charge in [0.25, 0.3) is 0 Å². The van der Waals surface area contributed by atoms with Crippen LogP contribution in [0.1, 0.15) is 64.2 Å². The third-order valence-corrected chi connectivity index (χ3v) is 7.87. The number of aliphatic hydroxyl groups is 2. The molecule has 1 aromatic rings. The SMILES string of the molecule is C=CCCCCC(=O)N(C1CCCCC1)C1CC(C(=O)NCCO)=CC(Oc2ccccc2I)C1O. The second-order valence-corrected chi connectivity index (χ2v) is 10.7. The van der Waals surface area contributed by atoms with Gasteiger partial charge in [0.1, 0.15) is 18.0 Å². The summed E-state index contributed by atoms with van der Waals surface area (Å²) in [5.74, 6) is 0.341. The zero-order chi connectivity index (χ0) is 25.9. The van der Waals surface area contributed by atoms with E-state index in [1.54, 1.807) is 6.08 Å². The van der Waals surface area contributed by atoms with Gasteiger partial charge in [-0.2, -0.15) is 0 Å². The molecule has 2 aliphatic rings. The van der Waals surface area contributed by atoms with E-state index in [0.717, 1.165) is 54.9 Å². The fourth-order valence-electron chi connectivity index (χ4n) is 5.15. The number of benzene rings is 1. The zero-order valence-electron chi connectivity index (χ0n) is 20.9. The molecule has 2 aliphatic carbocycles. The summed E-state index contributed by atoms with van der Waals surface area (Å²) in [7, 11) is 0. The fourth-order valence-corrected chi connectivity index (χ4v) is 5.66. The third-order valence-electron chi connectivity index (χ3n) is 6.98. The van der Waals surface area contributed by atoms with E-state index in [1.807, 2.05) is 35.2 Å². The van der Waals surface area contributed by atoms with Crippen LogP contribution >= 0.6 is 22.6 Å². The highest BCUT2D eigenvalue weighted by Gasteiger charge is 2.42. The lowest BCUT2D eigenvalue weighted by atomic mass is 9.85. The number of nitrogens with one attached hydrogen (secondary N) is 1. The van der Waals surface area contributed by atoms with E-state index in [-0.39, 0.29) is 37.4 Å². The molecular formula is C28H39IN2O5. The van der Waals surface area contributed by atoms with Crippen molar-refractivity contribution in [2.75, 3.05) is 13.2 Å². The smallest absolute Gasteiger partial charge is 0.247 e. The highest BCUT2D eigenvalue weighted by molar-refractivity contribution is 14.1. The van der Waals surface area contributed by atoms with Crippen LogP contribution in [0.4, 0.5) is 0 Å². The molecule has 0 aliphatic heterocycles. The maximum Gasteiger partial charge on any atom is 0.247 e. The Labute approximate surface area is 228 Å². The molecule has 0 aromatic heterocycles. The van der Waals surface area contributed by atoms with Crippen molar-refractivity contribution < 1.29 is 24.5 Å². The molecule has 1 fully saturated rings. The van der Waals surface area contributed by atoms with E-state index in [1.165, 1.54) is 0 Å². The quantitative estimate of drug-likeness (QED) is 0.188. The summed E-state index contributed by atoms with van der Waals surface area (Å²) < 4.78 is 7.13. The van der Waals surface area contributed by atoms with Gasteiger partial charge in [-0.1, -0.05) is 37.5 Å². The van der Waals surface area contributed by atoms with Gasteiger partial charge in [0.2, 0.25) is 11.8 Å². The van der Waals surface area contributed by atoms with E-state index in [4.69, 9.17) is 4.74 Å². The first-order chi connectivity index (χ1) is 17.5. The van der Waals surface area contributed by atoms with E-state index in [0.29, 0.717) is 17.7 Å². The minimum atomic E-state index is -0.977. The van der Waals surface area contributed by atoms with Gasteiger partial charge in [-0.15, -0.1) is 6.58 Å². The number of para-hydroxylation sites is 1. The fraction of sp³-hybridized carbons (Fsp3) is 0.571. The Bertz CT molecular complexity index is 915. The minimum Gasteiger partial charge on any atom is -0.482 e. The third kappa shape index (κ3) is 7.79. The van der Waals surface area contributed by atoms with Crippen molar-refractivity contribution in [3.05, 3.63) is 52.1 Å². The van der Waals surface area contributed by atoms with Crippen molar-refractivity contribution in [2.45, 2.75) is 88.5 Å². The van der Waals surface area contributed by atoms with Crippen LogP contribution in [0.3, 0.4) is 0 Å². The number of allylic oxidation sites excluding steroid dienone is 1. The number of hydrogen-bond acceptors (Lipinski definition) is 5. The molecule has 198 valence electrons. The monoisotopic (exact) mass is 610 g/mol. The van der Waals surface area contributed by atoms with Crippen LogP contribution in [-0.4, -0.2) is 64.4 Å². The second kappa shape index (κ2) is 14.7. The number of unbranched alkanes of at least 4 members (excludes halogenated alkanes) is 2. The van der Waals surface area contributed by atoms with Crippen molar-refractivity contribution in [1.82, 2.24) is 10.2 Å². The molecule has 3 unspecified atom stereocenters. The molecule has 3 atom stereocenters. The molecule has 0 saturated heterocycles. The van der Waals surface area contributed by atoms with Crippen LogP contribution in [0.25, 0.3) is 0 Å². The zero-order valence-corrected chi connectivity index (χ0v) is 23.1. The van der Waals surface area contributed by atoms with E-state index in [2.05, 4.69) is 34.5 Å². The van der Waals surface area contributed by atoms with Gasteiger partial charge in [-0.25, -0.2) is 0 Å². The lowest BCUT2D eigenvalue weighted by Crippen LogP contribution is -2.58. The largest absolute Gasteiger partial charge is 0.482 e. The van der Waals surface area contributed by atoms with Gasteiger partial charge in [0, 0.05) is 31.0 Å². The summed E-state index contributed by atoms with van der Waals surface area (Å²) in [6.07, 6.45) is 10.0. The van der Waals surface area contributed by atoms with Crippen molar-refractivity contribution >= 4 is 34.4 Å². The maximum atomic E-state index is 13.6. The van der Waals surface area contributed by atoms with Crippen LogP contribution in [0, 0.1) is 3.57 Å². The Morgan fingerprint density at radius 1 is 1.19 bits per heavy atom. The summed E-state index contributed by atoms with van der Waals surface area (Å²) >= 11 is 2.18. The number of rotatable bonds is 12. The normalized spacial score (nSPS) is 22.4. The highest BCUT2D eigenvalue weighted by atomic mass is 127. The van der Waals surface area contributed by atoms with Gasteiger partial charge in [0.15, 0.2) is 0 Å². The second-order valence-electron chi connectivity index (χ2n) is 9.57. The number of halogens is 1. The topological polar surface area (TPSA) is 99.1 Å². The summed E-state index contributed by atoms with van der Waals surface area (Å²) in [6.45, 7) is 3.74. The summed E-state index contributed by atoms with van der Waals surface area (Å²) in [6, 6.07) is 7.01. The number of hydrogen-bond donors (Lipinski definition) is 3. The van der Waals surface area contributed by atoms with Crippen LogP contribution in [-0.2, 0) is 9.59 Å². The molecule has 36 heavy (non-hydrogen) atoms. The van der Waals surface area contributed by atoms with Crippen LogP contribution in [0.2, 0.25) is 0 Å². The molecule has 0 heterocycles. The number of nitrogens with zero attached hydrogens (tertiary/aromatic N) is 1. The highest BCUT2D eigenvalue weighted by Crippen LogP contribution is 2.34. The van der Waals surface area contributed by atoms with E-state index >= 15 is 0 Å². The van der Waals surface area contributed by atoms with Crippen molar-refractivity contribution in [3.8, 4) is 5.75 Å². The average Bonchev–Trinajstić information content (AvgIpc) is 2.89. The Morgan fingerprint density at radius 3 is 2.64 bits per heavy atom. The molecule has 0 bridgehead atoms. The summed E-state index contributed by atoms with van der Waals surface area (Å²) in [4.78, 5) is 28.4. The van der Waals surface area contributed by atoms with Crippen molar-refractivity contribution in [2.24, 2.45) is 0 Å². The summed E-state index contributed by atoms with van der Waals surface area (Å²) in [5, 5.41) is 23.5. The molecule has 0 spiro atoms. The lowest BCUT2D eigenvalue weighted by molar-refractivity contribution is -0.143. The van der Waals surface area contributed by atoms with Crippen LogP contribution < -0.4 is 10.1 Å². The Hall–Kier alpha value is -1.91. The lowest BCUT2D eigenvalue weighted by Gasteiger charge is -2.45. The molecule has 1 saturated carbocycles. The first kappa shape index (κ1) is 28.7. The van der Waals surface area contributed by atoms with Gasteiger partial charge < -0.3 is 25.2 Å².